The molecular weight excluding hydrogens is 482 g/mol. The van der Waals surface area contributed by atoms with Crippen LogP contribution in [0.2, 0.25) is 5.02 Å². The minimum atomic E-state index is -0.696. The average Bonchev–Trinajstić information content (AvgIpc) is 3.37. The average molecular weight is 506 g/mol. The molecule has 1 aromatic carbocycles. The minimum absolute atomic E-state index is 0.137. The van der Waals surface area contributed by atoms with Gasteiger partial charge in [-0.05, 0) is 49.8 Å². The van der Waals surface area contributed by atoms with Crippen LogP contribution in [0.15, 0.2) is 29.4 Å². The number of halogens is 1. The van der Waals surface area contributed by atoms with Crippen molar-refractivity contribution in [1.29, 1.82) is 0 Å². The van der Waals surface area contributed by atoms with Gasteiger partial charge in [-0.1, -0.05) is 41.6 Å². The van der Waals surface area contributed by atoms with Crippen LogP contribution < -0.4 is 11.1 Å². The van der Waals surface area contributed by atoms with Crippen molar-refractivity contribution in [1.82, 2.24) is 14.8 Å². The zero-order valence-electron chi connectivity index (χ0n) is 18.3. The number of carbonyl (C=O) groups excluding carboxylic acids is 2. The summed E-state index contributed by atoms with van der Waals surface area (Å²) in [5.74, 6) is -0.0593. The molecule has 1 aliphatic rings. The van der Waals surface area contributed by atoms with Gasteiger partial charge >= 0.3 is 5.97 Å². The Kier molecular flexibility index (Phi) is 7.26. The summed E-state index contributed by atoms with van der Waals surface area (Å²) in [7, 11) is 1.35. The monoisotopic (exact) mass is 505 g/mol. The van der Waals surface area contributed by atoms with E-state index in [1.165, 1.54) is 30.2 Å². The number of amides is 1. The Morgan fingerprint density at radius 2 is 2.06 bits per heavy atom. The fourth-order valence-corrected chi connectivity index (χ4v) is 6.40. The first kappa shape index (κ1) is 23.6. The lowest BCUT2D eigenvalue weighted by Crippen LogP contribution is -2.25. The van der Waals surface area contributed by atoms with Gasteiger partial charge in [0, 0.05) is 15.7 Å². The molecule has 0 aliphatic heterocycles. The first-order chi connectivity index (χ1) is 15.9. The van der Waals surface area contributed by atoms with Gasteiger partial charge < -0.3 is 15.8 Å². The van der Waals surface area contributed by atoms with E-state index in [0.717, 1.165) is 41.7 Å². The number of nitrogen functional groups attached to an aromatic ring is 1. The van der Waals surface area contributed by atoms with Gasteiger partial charge in [0.05, 0.1) is 12.7 Å². The number of carbonyl (C=O) groups is 2. The summed E-state index contributed by atoms with van der Waals surface area (Å²) in [6.45, 7) is 1.72. The first-order valence-electron chi connectivity index (χ1n) is 10.5. The Morgan fingerprint density at radius 3 is 2.82 bits per heavy atom. The van der Waals surface area contributed by atoms with Crippen LogP contribution in [0.3, 0.4) is 0 Å². The van der Waals surface area contributed by atoms with Crippen LogP contribution in [-0.4, -0.2) is 33.8 Å². The van der Waals surface area contributed by atoms with Gasteiger partial charge in [0.25, 0.3) is 0 Å². The van der Waals surface area contributed by atoms with Gasteiger partial charge in [-0.2, -0.15) is 0 Å². The Bertz CT molecular complexity index is 1190. The molecule has 2 heterocycles. The molecule has 4 rings (SSSR count). The van der Waals surface area contributed by atoms with Crippen LogP contribution in [-0.2, 0) is 28.1 Å². The molecule has 0 saturated heterocycles. The van der Waals surface area contributed by atoms with Crippen LogP contribution in [0.1, 0.15) is 52.2 Å². The van der Waals surface area contributed by atoms with E-state index in [1.54, 1.807) is 11.5 Å². The lowest BCUT2D eigenvalue weighted by atomic mass is 9.95. The first-order valence-corrected chi connectivity index (χ1v) is 12.7. The highest BCUT2D eigenvalue weighted by molar-refractivity contribution is 7.98. The smallest absolute Gasteiger partial charge is 0.341 e. The Balaban J connectivity index is 1.55. The van der Waals surface area contributed by atoms with Gasteiger partial charge in [-0.15, -0.1) is 21.5 Å². The molecule has 0 spiro atoms. The number of hydrogen-bond acceptors (Lipinski definition) is 8. The van der Waals surface area contributed by atoms with E-state index >= 15 is 0 Å². The van der Waals surface area contributed by atoms with E-state index in [1.807, 2.05) is 24.3 Å². The highest BCUT2D eigenvalue weighted by atomic mass is 35.5. The number of nitrogens with two attached hydrogens (primary N) is 1. The third-order valence-electron chi connectivity index (χ3n) is 5.57. The molecule has 3 aromatic rings. The molecule has 33 heavy (non-hydrogen) atoms. The number of fused-ring (bicyclic) bond motifs is 1. The number of esters is 1. The molecule has 0 bridgehead atoms. The van der Waals surface area contributed by atoms with Crippen LogP contribution in [0.4, 0.5) is 10.9 Å². The molecule has 0 fully saturated rings. The van der Waals surface area contributed by atoms with E-state index in [0.29, 0.717) is 26.5 Å². The van der Waals surface area contributed by atoms with E-state index in [9.17, 15) is 9.59 Å². The Hall–Kier alpha value is -2.56. The van der Waals surface area contributed by atoms with Crippen molar-refractivity contribution in [3.63, 3.8) is 0 Å². The molecule has 8 nitrogen and oxygen atoms in total. The Labute approximate surface area is 204 Å². The number of rotatable bonds is 7. The molecule has 3 N–H and O–H groups in total. The summed E-state index contributed by atoms with van der Waals surface area (Å²) in [5.41, 5.74) is 8.44. The van der Waals surface area contributed by atoms with E-state index < -0.39 is 12.0 Å². The molecule has 1 aliphatic carbocycles. The summed E-state index contributed by atoms with van der Waals surface area (Å²) in [5, 5.41) is 12.7. The number of ether oxygens (including phenoxy) is 1. The summed E-state index contributed by atoms with van der Waals surface area (Å²) in [6, 6.07) is 6.85. The number of hydrogen-bond donors (Lipinski definition) is 2. The second-order valence-corrected chi connectivity index (χ2v) is 10.1. The predicted octanol–water partition coefficient (Wildman–Crippen LogP) is 4.73. The lowest BCUT2D eigenvalue weighted by Gasteiger charge is -2.16. The SMILES string of the molecule is COC(=O)c1c(NC(=O)C(C)n2c(N)nnc2SCc2ccccc2Cl)sc2c1CCCC2. The van der Waals surface area contributed by atoms with Crippen molar-refractivity contribution in [2.75, 3.05) is 18.2 Å². The summed E-state index contributed by atoms with van der Waals surface area (Å²) in [4.78, 5) is 26.8. The van der Waals surface area contributed by atoms with Crippen molar-refractivity contribution in [3.8, 4) is 0 Å². The van der Waals surface area contributed by atoms with Crippen LogP contribution in [0.5, 0.6) is 0 Å². The third kappa shape index (κ3) is 4.87. The summed E-state index contributed by atoms with van der Waals surface area (Å²) in [6.07, 6.45) is 3.79. The normalized spacial score (nSPS) is 13.9. The van der Waals surface area contributed by atoms with Crippen molar-refractivity contribution in [2.24, 2.45) is 0 Å². The zero-order valence-corrected chi connectivity index (χ0v) is 20.6. The molecule has 1 amide bonds. The molecule has 11 heteroatoms. The summed E-state index contributed by atoms with van der Waals surface area (Å²) >= 11 is 9.09. The molecule has 0 saturated carbocycles. The van der Waals surface area contributed by atoms with Gasteiger partial charge in [0.1, 0.15) is 11.0 Å². The number of thioether (sulfide) groups is 1. The van der Waals surface area contributed by atoms with Crippen LogP contribution in [0, 0.1) is 0 Å². The van der Waals surface area contributed by atoms with Gasteiger partial charge in [-0.3, -0.25) is 9.36 Å². The fraction of sp³-hybridized carbons (Fsp3) is 0.364. The molecule has 2 aromatic heterocycles. The van der Waals surface area contributed by atoms with Crippen molar-refractivity contribution >= 4 is 57.5 Å². The van der Waals surface area contributed by atoms with Gasteiger partial charge in [-0.25, -0.2) is 4.79 Å². The standard InChI is InChI=1S/C22H24ClN5O3S2/c1-12(28-21(24)26-27-22(28)32-11-13-7-3-5-9-15(13)23)18(29)25-19-17(20(30)31-2)14-8-4-6-10-16(14)33-19/h3,5,7,9,12H,4,6,8,10-11H2,1-2H3,(H2,24,26)(H,25,29). The second-order valence-electron chi connectivity index (χ2n) is 7.66. The van der Waals surface area contributed by atoms with Crippen molar-refractivity contribution in [2.45, 2.75) is 49.6 Å². The molecule has 0 radical (unpaired) electrons. The predicted molar refractivity (Wildman–Crippen MR) is 131 cm³/mol. The maximum Gasteiger partial charge on any atom is 0.341 e. The number of nitrogens with one attached hydrogen (secondary N) is 1. The highest BCUT2D eigenvalue weighted by Gasteiger charge is 2.29. The summed E-state index contributed by atoms with van der Waals surface area (Å²) < 4.78 is 6.58. The highest BCUT2D eigenvalue weighted by Crippen LogP contribution is 2.39. The van der Waals surface area contributed by atoms with E-state index in [2.05, 4.69) is 15.5 Å². The Morgan fingerprint density at radius 1 is 1.30 bits per heavy atom. The van der Waals surface area contributed by atoms with E-state index in [-0.39, 0.29) is 11.9 Å². The van der Waals surface area contributed by atoms with Crippen LogP contribution >= 0.6 is 34.7 Å². The number of benzene rings is 1. The topological polar surface area (TPSA) is 112 Å². The molecule has 174 valence electrons. The number of aromatic nitrogens is 3. The number of thiophene rings is 1. The zero-order chi connectivity index (χ0) is 23.5. The number of aryl methyl sites for hydroxylation is 1. The lowest BCUT2D eigenvalue weighted by molar-refractivity contribution is -0.118. The quantitative estimate of drug-likeness (QED) is 0.352. The maximum absolute atomic E-state index is 13.2. The van der Waals surface area contributed by atoms with Gasteiger partial charge in [0.2, 0.25) is 11.9 Å². The number of methoxy groups -OCH3 is 1. The maximum atomic E-state index is 13.2. The largest absolute Gasteiger partial charge is 0.465 e. The molecule has 1 atom stereocenters. The van der Waals surface area contributed by atoms with E-state index in [4.69, 9.17) is 22.1 Å². The van der Waals surface area contributed by atoms with Crippen LogP contribution in [0.25, 0.3) is 0 Å². The number of anilines is 2. The van der Waals surface area contributed by atoms with Crippen molar-refractivity contribution in [3.05, 3.63) is 50.9 Å². The molecule has 1 unspecified atom stereocenters. The fourth-order valence-electron chi connectivity index (χ4n) is 3.81. The minimum Gasteiger partial charge on any atom is -0.465 e. The van der Waals surface area contributed by atoms with Crippen molar-refractivity contribution < 1.29 is 14.3 Å². The third-order valence-corrected chi connectivity index (χ3v) is 8.14. The second kappa shape index (κ2) is 10.1. The molecular formula is C22H24ClN5O3S2. The number of nitrogens with zero attached hydrogens (tertiary/aromatic N) is 3. The van der Waals surface area contributed by atoms with Gasteiger partial charge in [0.15, 0.2) is 5.16 Å².